The fourth-order valence-electron chi connectivity index (χ4n) is 3.01. The van der Waals surface area contributed by atoms with E-state index in [0.717, 1.165) is 16.3 Å². The second-order valence-electron chi connectivity index (χ2n) is 6.46. The number of carboxylic acids is 1. The molecule has 3 rings (SSSR count). The number of fused-ring (bicyclic) bond motifs is 1. The van der Waals surface area contributed by atoms with Crippen molar-refractivity contribution in [2.45, 2.75) is 13.3 Å². The molecular formula is C20H20ClN3O3. The van der Waals surface area contributed by atoms with Crippen LogP contribution in [-0.4, -0.2) is 33.3 Å². The fraction of sp³-hybridized carbons (Fsp3) is 0.250. The SMILES string of the molecule is Cc1c(Cl)c(C(=O)NCC(Cc2cccc3ccccc23)C(=O)O)nn1C. The normalized spacial score (nSPS) is 12.1. The number of hydrogen-bond donors (Lipinski definition) is 2. The van der Waals surface area contributed by atoms with Crippen molar-refractivity contribution in [3.8, 4) is 0 Å². The van der Waals surface area contributed by atoms with E-state index in [-0.39, 0.29) is 17.3 Å². The first-order valence-corrected chi connectivity index (χ1v) is 8.93. The summed E-state index contributed by atoms with van der Waals surface area (Å²) in [6.07, 6.45) is 0.311. The summed E-state index contributed by atoms with van der Waals surface area (Å²) in [5.41, 5.74) is 1.71. The molecule has 0 aliphatic rings. The fourth-order valence-corrected chi connectivity index (χ4v) is 3.26. The van der Waals surface area contributed by atoms with Gasteiger partial charge in [0.05, 0.1) is 16.6 Å². The quantitative estimate of drug-likeness (QED) is 0.682. The van der Waals surface area contributed by atoms with Crippen LogP contribution >= 0.6 is 11.6 Å². The van der Waals surface area contributed by atoms with Gasteiger partial charge in [-0.2, -0.15) is 5.10 Å². The zero-order valence-electron chi connectivity index (χ0n) is 15.1. The highest BCUT2D eigenvalue weighted by Crippen LogP contribution is 2.22. The van der Waals surface area contributed by atoms with Gasteiger partial charge in [0.2, 0.25) is 0 Å². The number of carboxylic acid groups (broad SMARTS) is 1. The topological polar surface area (TPSA) is 84.2 Å². The highest BCUT2D eigenvalue weighted by Gasteiger charge is 2.23. The van der Waals surface area contributed by atoms with Crippen LogP contribution in [-0.2, 0) is 18.3 Å². The standard InChI is InChI=1S/C20H20ClN3O3/c1-12-17(21)18(23-24(12)2)19(25)22-11-15(20(26)27)10-14-8-5-7-13-6-3-4-9-16(13)14/h3-9,15H,10-11H2,1-2H3,(H,22,25)(H,26,27). The third-order valence-electron chi connectivity index (χ3n) is 4.68. The van der Waals surface area contributed by atoms with Crippen molar-refractivity contribution in [1.82, 2.24) is 15.1 Å². The van der Waals surface area contributed by atoms with Crippen LogP contribution in [0.3, 0.4) is 0 Å². The zero-order chi connectivity index (χ0) is 19.6. The highest BCUT2D eigenvalue weighted by molar-refractivity contribution is 6.34. The number of hydrogen-bond acceptors (Lipinski definition) is 3. The summed E-state index contributed by atoms with van der Waals surface area (Å²) in [7, 11) is 1.69. The average Bonchev–Trinajstić information content (AvgIpc) is 2.92. The molecule has 0 aliphatic carbocycles. The number of aliphatic carboxylic acids is 1. The number of halogens is 1. The number of aromatic nitrogens is 2. The molecule has 1 amide bonds. The van der Waals surface area contributed by atoms with E-state index in [0.29, 0.717) is 12.1 Å². The van der Waals surface area contributed by atoms with E-state index in [9.17, 15) is 14.7 Å². The van der Waals surface area contributed by atoms with Gasteiger partial charge in [-0.15, -0.1) is 0 Å². The van der Waals surface area contributed by atoms with E-state index in [2.05, 4.69) is 10.4 Å². The van der Waals surface area contributed by atoms with Crippen LogP contribution < -0.4 is 5.32 Å². The molecule has 0 aliphatic heterocycles. The number of carbonyl (C=O) groups excluding carboxylic acids is 1. The van der Waals surface area contributed by atoms with Crippen LogP contribution in [0.1, 0.15) is 21.7 Å². The molecule has 2 aromatic carbocycles. The minimum absolute atomic E-state index is 0.0106. The third-order valence-corrected chi connectivity index (χ3v) is 5.13. The van der Waals surface area contributed by atoms with E-state index >= 15 is 0 Å². The van der Waals surface area contributed by atoms with Crippen LogP contribution in [0.25, 0.3) is 10.8 Å². The first kappa shape index (κ1) is 18.9. The molecule has 6 nitrogen and oxygen atoms in total. The summed E-state index contributed by atoms with van der Waals surface area (Å²) in [5, 5.41) is 18.7. The summed E-state index contributed by atoms with van der Waals surface area (Å²) in [6, 6.07) is 13.6. The first-order valence-electron chi connectivity index (χ1n) is 8.55. The maximum Gasteiger partial charge on any atom is 0.308 e. The maximum absolute atomic E-state index is 12.4. The number of nitrogens with zero attached hydrogens (tertiary/aromatic N) is 2. The van der Waals surface area contributed by atoms with Crippen molar-refractivity contribution in [3.63, 3.8) is 0 Å². The van der Waals surface area contributed by atoms with Crippen molar-refractivity contribution in [2.75, 3.05) is 6.54 Å². The predicted molar refractivity (Wildman–Crippen MR) is 104 cm³/mol. The van der Waals surface area contributed by atoms with Gasteiger partial charge in [-0.05, 0) is 29.7 Å². The zero-order valence-corrected chi connectivity index (χ0v) is 15.8. The summed E-state index contributed by atoms with van der Waals surface area (Å²) in [6.45, 7) is 1.75. The second kappa shape index (κ2) is 7.80. The molecule has 1 heterocycles. The Kier molecular flexibility index (Phi) is 5.46. The Balaban J connectivity index is 1.75. The lowest BCUT2D eigenvalue weighted by atomic mass is 9.95. The molecule has 140 valence electrons. The monoisotopic (exact) mass is 385 g/mol. The number of rotatable bonds is 6. The summed E-state index contributed by atoms with van der Waals surface area (Å²) < 4.78 is 1.52. The molecule has 0 bridgehead atoms. The van der Waals surface area contributed by atoms with E-state index in [4.69, 9.17) is 11.6 Å². The Morgan fingerprint density at radius 3 is 2.59 bits per heavy atom. The van der Waals surface area contributed by atoms with Crippen molar-refractivity contribution < 1.29 is 14.7 Å². The van der Waals surface area contributed by atoms with Gasteiger partial charge in [0.25, 0.3) is 5.91 Å². The molecule has 7 heteroatoms. The largest absolute Gasteiger partial charge is 0.481 e. The molecule has 3 aromatic rings. The van der Waals surface area contributed by atoms with Gasteiger partial charge < -0.3 is 10.4 Å². The van der Waals surface area contributed by atoms with Crippen LogP contribution in [0.5, 0.6) is 0 Å². The molecule has 2 N–H and O–H groups in total. The van der Waals surface area contributed by atoms with Gasteiger partial charge in [-0.1, -0.05) is 54.1 Å². The Bertz CT molecular complexity index is 1010. The molecule has 27 heavy (non-hydrogen) atoms. The lowest BCUT2D eigenvalue weighted by molar-refractivity contribution is -0.141. The van der Waals surface area contributed by atoms with E-state index < -0.39 is 17.8 Å². The van der Waals surface area contributed by atoms with E-state index in [1.807, 2.05) is 42.5 Å². The number of nitrogens with one attached hydrogen (secondary N) is 1. The van der Waals surface area contributed by atoms with Crippen LogP contribution in [0.4, 0.5) is 0 Å². The number of benzene rings is 2. The summed E-state index contributed by atoms with van der Waals surface area (Å²) >= 11 is 6.12. The van der Waals surface area contributed by atoms with Gasteiger partial charge in [0.1, 0.15) is 0 Å². The molecule has 0 radical (unpaired) electrons. The smallest absolute Gasteiger partial charge is 0.308 e. The Labute approximate surface area is 161 Å². The average molecular weight is 386 g/mol. The molecule has 1 unspecified atom stereocenters. The Morgan fingerprint density at radius 2 is 1.93 bits per heavy atom. The molecule has 0 saturated carbocycles. The van der Waals surface area contributed by atoms with E-state index in [1.54, 1.807) is 14.0 Å². The molecule has 0 saturated heterocycles. The second-order valence-corrected chi connectivity index (χ2v) is 6.84. The molecule has 0 spiro atoms. The van der Waals surface area contributed by atoms with Crippen molar-refractivity contribution in [2.24, 2.45) is 13.0 Å². The van der Waals surface area contributed by atoms with Crippen molar-refractivity contribution in [1.29, 1.82) is 0 Å². The summed E-state index contributed by atoms with van der Waals surface area (Å²) in [5.74, 6) is -2.21. The maximum atomic E-state index is 12.4. The summed E-state index contributed by atoms with van der Waals surface area (Å²) in [4.78, 5) is 24.1. The number of aryl methyl sites for hydroxylation is 1. The highest BCUT2D eigenvalue weighted by atomic mass is 35.5. The van der Waals surface area contributed by atoms with Gasteiger partial charge in [0.15, 0.2) is 5.69 Å². The van der Waals surface area contributed by atoms with Crippen LogP contribution in [0, 0.1) is 12.8 Å². The first-order chi connectivity index (χ1) is 12.9. The van der Waals surface area contributed by atoms with Gasteiger partial charge in [-0.25, -0.2) is 0 Å². The Morgan fingerprint density at radius 1 is 1.22 bits per heavy atom. The number of amides is 1. The molecular weight excluding hydrogens is 366 g/mol. The molecule has 0 fully saturated rings. The van der Waals surface area contributed by atoms with Crippen LogP contribution in [0.2, 0.25) is 5.02 Å². The van der Waals surface area contributed by atoms with Crippen molar-refractivity contribution in [3.05, 3.63) is 64.4 Å². The lowest BCUT2D eigenvalue weighted by Gasteiger charge is -2.15. The molecule has 1 aromatic heterocycles. The number of carbonyl (C=O) groups is 2. The Hall–Kier alpha value is -2.86. The lowest BCUT2D eigenvalue weighted by Crippen LogP contribution is -2.34. The van der Waals surface area contributed by atoms with Crippen LogP contribution in [0.15, 0.2) is 42.5 Å². The van der Waals surface area contributed by atoms with Gasteiger partial charge in [0, 0.05) is 13.6 Å². The third kappa shape index (κ3) is 3.95. The molecule has 1 atom stereocenters. The van der Waals surface area contributed by atoms with Crippen molar-refractivity contribution >= 4 is 34.2 Å². The van der Waals surface area contributed by atoms with Gasteiger partial charge in [-0.3, -0.25) is 14.3 Å². The minimum Gasteiger partial charge on any atom is -0.481 e. The predicted octanol–water partition coefficient (Wildman–Crippen LogP) is 3.21. The minimum atomic E-state index is -0.966. The van der Waals surface area contributed by atoms with E-state index in [1.165, 1.54) is 4.68 Å². The van der Waals surface area contributed by atoms with Gasteiger partial charge >= 0.3 is 5.97 Å².